The highest BCUT2D eigenvalue weighted by molar-refractivity contribution is 5.76. The lowest BCUT2D eigenvalue weighted by Crippen LogP contribution is -2.69. The summed E-state index contributed by atoms with van der Waals surface area (Å²) in [4.78, 5) is 24.0. The minimum absolute atomic E-state index is 0.735. The van der Waals surface area contributed by atoms with Crippen LogP contribution in [0.1, 0.15) is 12.8 Å². The molecule has 24 N–H and O–H groups in total. The predicted octanol–water partition coefficient (Wildman–Crippen LogP) is -17.0. The first-order valence-electron chi connectivity index (χ1n) is 30.2. The number of carboxylic acid groups (broad SMARTS) is 1. The van der Waals surface area contributed by atoms with Gasteiger partial charge in [-0.15, -0.1) is 0 Å². The monoisotopic (exact) mass is 1400 g/mol. The van der Waals surface area contributed by atoms with Gasteiger partial charge in [-0.3, -0.25) is 9.59 Å². The molecule has 0 unspecified atom stereocenters. The number of carbonyl (C=O) groups is 2. The van der Waals surface area contributed by atoms with Crippen LogP contribution in [0.2, 0.25) is 0 Å². The number of aliphatic hydroxyl groups is 23. The first-order valence-corrected chi connectivity index (χ1v) is 30.2. The maximum Gasteiger partial charge on any atom is 0.306 e. The molecule has 16 bridgehead atoms. The first kappa shape index (κ1) is 76.6. The molecule has 0 aromatic heterocycles. The van der Waals surface area contributed by atoms with Crippen LogP contribution in [0.25, 0.3) is 0 Å². The van der Waals surface area contributed by atoms with Gasteiger partial charge in [-0.05, 0) is 0 Å². The van der Waals surface area contributed by atoms with Crippen molar-refractivity contribution in [2.24, 2.45) is 0 Å². The number of carbonyl (C=O) groups excluding carboxylic acids is 1. The largest absolute Gasteiger partial charge is 0.481 e. The SMILES string of the molecule is O=C(O)CCC(=O)OC[C@H]1O[C@@H]2O[C@H]3[C@@H](O)[C@H](O)[C@@H](O[C@H]4[C@@H](O)[C@H](O)[C@@H](O[C@H]5[C@H](O)[C@@H](O)[C@@H](O[C@H]6[C@@H](O)[C@H](O)[C@@H](O[C@H]7[C@H](O)[C@@H](O)[C@@H](O[C@H]8[C@H](O)[C@@H](O)[C@@H](O[C@H]9[C@H](O)[C@@H](O)[C@@H](O[C@H]1[C@H](O)[C@H]2O)O[C@@H]9CO)O[C@@H]8CO)O[C@@H]7CO)O[C@@H]6CO)O[C@@H]5CO)O[C@@H]4CO)O[C@@H]3CO. The Morgan fingerprint density at radius 2 is 0.389 bits per heavy atom. The average Bonchev–Trinajstić information content (AvgIpc) is 0.814. The van der Waals surface area contributed by atoms with Gasteiger partial charge in [-0.2, -0.15) is 0 Å². The molecule has 550 valence electrons. The standard InChI is InChI=1S/C52H84O43/c53-3-11-37-21(63)29(71)45(80-11)89-38-12(4-54)82-47(31(73)23(38)65)91-40-14(6-56)84-49(33(75)25(40)67)93-42-16(8-58)86-51(35(77)27(42)69)95-44-18(10-79-20(62)2-1-19(60)61)87-52(36(78)28(44)70)94-43-17(9-59)85-50(34(76)26(43)68)92-41-15(7-57)83-48(32(74)24(41)66)90-39-13(5-55)81-46(88-37)30(72)22(39)64/h11-18,21-59,63-78H,1-10H2,(H,60,61)/t11-,12-,13-,14-,15-,16-,17-,18-,21+,22-,23-,24+,25-,26+,27-,28-,29+,30-,31-,32+,33-,34+,35-,36-,37-,38-,39-,40-,41-,42-,43-,44-,45-,46-,47-,48-,49-,50-,51-,52-/m1/s1. The summed E-state index contributed by atoms with van der Waals surface area (Å²) in [7, 11) is 0. The maximum atomic E-state index is 12.7. The minimum Gasteiger partial charge on any atom is -0.481 e. The van der Waals surface area contributed by atoms with Crippen LogP contribution in [-0.2, 0) is 90.1 Å². The van der Waals surface area contributed by atoms with Crippen LogP contribution >= 0.6 is 0 Å². The zero-order chi connectivity index (χ0) is 69.3. The lowest BCUT2D eigenvalue weighted by molar-refractivity contribution is -0.404. The van der Waals surface area contributed by atoms with Crippen LogP contribution in [0.4, 0.5) is 0 Å². The number of aliphatic carboxylic acids is 1. The van der Waals surface area contributed by atoms with Crippen LogP contribution in [0.5, 0.6) is 0 Å². The Balaban J connectivity index is 0.996. The molecule has 0 aromatic carbocycles. The Morgan fingerprint density at radius 1 is 0.232 bits per heavy atom. The molecular formula is C52H84O43. The van der Waals surface area contributed by atoms with Gasteiger partial charge < -0.3 is 203 Å². The molecule has 0 aromatic rings. The summed E-state index contributed by atoms with van der Waals surface area (Å²) in [5, 5.41) is 266. The molecule has 30 rings (SSSR count). The molecule has 0 spiro atoms. The summed E-state index contributed by atoms with van der Waals surface area (Å²) in [6, 6.07) is 0. The molecule has 0 saturated carbocycles. The summed E-state index contributed by atoms with van der Waals surface area (Å²) in [5.41, 5.74) is 0. The smallest absolute Gasteiger partial charge is 0.306 e. The van der Waals surface area contributed by atoms with Gasteiger partial charge in [-0.1, -0.05) is 0 Å². The van der Waals surface area contributed by atoms with Crippen molar-refractivity contribution in [1.29, 1.82) is 0 Å². The van der Waals surface area contributed by atoms with Crippen molar-refractivity contribution in [2.75, 3.05) is 52.9 Å². The molecule has 43 heteroatoms. The van der Waals surface area contributed by atoms with Crippen molar-refractivity contribution in [1.82, 2.24) is 0 Å². The van der Waals surface area contributed by atoms with Gasteiger partial charge in [0.2, 0.25) is 0 Å². The molecule has 43 nitrogen and oxygen atoms in total. The van der Waals surface area contributed by atoms with E-state index in [1.807, 2.05) is 0 Å². The Labute approximate surface area is 535 Å². The van der Waals surface area contributed by atoms with Crippen molar-refractivity contribution in [3.63, 3.8) is 0 Å². The quantitative estimate of drug-likeness (QED) is 0.0807. The van der Waals surface area contributed by atoms with Gasteiger partial charge in [0.05, 0.1) is 59.1 Å². The fourth-order valence-corrected chi connectivity index (χ4v) is 12.3. The van der Waals surface area contributed by atoms with E-state index >= 15 is 0 Å². The number of rotatable bonds is 12. The van der Waals surface area contributed by atoms with E-state index in [1.54, 1.807) is 0 Å². The van der Waals surface area contributed by atoms with E-state index in [1.165, 1.54) is 0 Å². The summed E-state index contributed by atoms with van der Waals surface area (Å²) >= 11 is 0. The molecule has 30 aliphatic heterocycles. The van der Waals surface area contributed by atoms with E-state index in [-0.39, 0.29) is 0 Å². The molecule has 30 saturated heterocycles. The summed E-state index contributed by atoms with van der Waals surface area (Å²) in [6.07, 6.45) is -85.9. The fourth-order valence-electron chi connectivity index (χ4n) is 12.3. The highest BCUT2D eigenvalue weighted by atomic mass is 16.8. The zero-order valence-electron chi connectivity index (χ0n) is 49.7. The lowest BCUT2D eigenvalue weighted by atomic mass is 9.94. The molecule has 30 heterocycles. The molecule has 30 fully saturated rings. The average molecular weight is 1400 g/mol. The second-order valence-corrected chi connectivity index (χ2v) is 23.9. The topological polar surface area (TPSA) is 677 Å². The van der Waals surface area contributed by atoms with Crippen LogP contribution in [0.15, 0.2) is 0 Å². The minimum atomic E-state index is -2.37. The van der Waals surface area contributed by atoms with Crippen molar-refractivity contribution in [3.8, 4) is 0 Å². The fraction of sp³-hybridized carbons (Fsp3) is 0.962. The number of carboxylic acids is 1. The summed E-state index contributed by atoms with van der Waals surface area (Å²) in [6.45, 7) is -8.86. The van der Waals surface area contributed by atoms with E-state index in [0.29, 0.717) is 0 Å². The van der Waals surface area contributed by atoms with Gasteiger partial charge in [0.1, 0.15) is 202 Å². The first-order chi connectivity index (χ1) is 45.1. The predicted molar refractivity (Wildman–Crippen MR) is 282 cm³/mol. The maximum absolute atomic E-state index is 12.7. The van der Waals surface area contributed by atoms with E-state index in [9.17, 15) is 127 Å². The molecular weight excluding hydrogens is 1310 g/mol. The van der Waals surface area contributed by atoms with Gasteiger partial charge >= 0.3 is 11.9 Å². The Bertz CT molecular complexity index is 2390. The Hall–Kier alpha value is -2.62. The number of ether oxygens (including phenoxy) is 17. The number of hydrogen-bond acceptors (Lipinski definition) is 42. The van der Waals surface area contributed by atoms with E-state index < -0.39 is 323 Å². The Morgan fingerprint density at radius 3 is 0.547 bits per heavy atom. The van der Waals surface area contributed by atoms with Crippen molar-refractivity contribution >= 4 is 11.9 Å². The van der Waals surface area contributed by atoms with Gasteiger partial charge in [0, 0.05) is 0 Å². The van der Waals surface area contributed by atoms with Gasteiger partial charge in [0.25, 0.3) is 0 Å². The third-order valence-electron chi connectivity index (χ3n) is 17.7. The number of aliphatic hydroxyl groups excluding tert-OH is 23. The van der Waals surface area contributed by atoms with Crippen molar-refractivity contribution < 1.29 is 213 Å². The molecule has 0 radical (unpaired) electrons. The molecule has 0 amide bonds. The second-order valence-electron chi connectivity index (χ2n) is 23.9. The third-order valence-corrected chi connectivity index (χ3v) is 17.7. The van der Waals surface area contributed by atoms with Crippen LogP contribution in [0.3, 0.4) is 0 Å². The van der Waals surface area contributed by atoms with Crippen LogP contribution in [0, 0.1) is 0 Å². The summed E-state index contributed by atoms with van der Waals surface area (Å²) < 4.78 is 96.8. The molecule has 0 aliphatic carbocycles. The van der Waals surface area contributed by atoms with Crippen LogP contribution in [-0.4, -0.2) is 433 Å². The van der Waals surface area contributed by atoms with Crippen molar-refractivity contribution in [2.45, 2.75) is 258 Å². The van der Waals surface area contributed by atoms with Crippen molar-refractivity contribution in [3.05, 3.63) is 0 Å². The van der Waals surface area contributed by atoms with E-state index in [4.69, 9.17) is 85.6 Å². The highest BCUT2D eigenvalue weighted by Crippen LogP contribution is 2.40. The molecule has 30 aliphatic rings. The number of hydrogen-bond donors (Lipinski definition) is 24. The normalized spacial score (nSPS) is 52.0. The second kappa shape index (κ2) is 33.0. The van der Waals surface area contributed by atoms with Gasteiger partial charge in [-0.25, -0.2) is 0 Å². The molecule has 40 atom stereocenters. The highest BCUT2D eigenvalue weighted by Gasteiger charge is 2.60. The van der Waals surface area contributed by atoms with E-state index in [2.05, 4.69) is 0 Å². The molecule has 95 heavy (non-hydrogen) atoms. The van der Waals surface area contributed by atoms with Gasteiger partial charge in [0.15, 0.2) is 50.3 Å². The number of esters is 1. The lowest BCUT2D eigenvalue weighted by Gasteiger charge is -2.50. The van der Waals surface area contributed by atoms with E-state index in [0.717, 1.165) is 0 Å². The summed E-state index contributed by atoms with van der Waals surface area (Å²) in [5.74, 6) is -2.61. The zero-order valence-corrected chi connectivity index (χ0v) is 49.7. The van der Waals surface area contributed by atoms with Crippen LogP contribution < -0.4 is 0 Å². The Kier molecular flexibility index (Phi) is 26.6. The third kappa shape index (κ3) is 16.0.